The van der Waals surface area contributed by atoms with E-state index in [0.717, 1.165) is 0 Å². The van der Waals surface area contributed by atoms with Gasteiger partial charge in [0.1, 0.15) is 5.60 Å². The van der Waals surface area contributed by atoms with Gasteiger partial charge in [0, 0.05) is 11.8 Å². The van der Waals surface area contributed by atoms with Crippen LogP contribution in [-0.2, 0) is 9.53 Å². The standard InChI is InChI=1S/C15H22FNO3S/c1-15(2,3)20-14(18)9-21-8-12(17)10-5-6-13(19-4)11(16)7-10/h5-7,12H,8-9,17H2,1-4H3. The van der Waals surface area contributed by atoms with Crippen LogP contribution in [0, 0.1) is 5.82 Å². The van der Waals surface area contributed by atoms with Crippen LogP contribution in [-0.4, -0.2) is 30.2 Å². The van der Waals surface area contributed by atoms with E-state index in [1.54, 1.807) is 12.1 Å². The molecule has 1 rings (SSSR count). The summed E-state index contributed by atoms with van der Waals surface area (Å²) in [6.45, 7) is 5.46. The minimum atomic E-state index is -0.487. The Labute approximate surface area is 129 Å². The molecule has 6 heteroatoms. The van der Waals surface area contributed by atoms with E-state index in [1.807, 2.05) is 20.8 Å². The number of halogens is 1. The van der Waals surface area contributed by atoms with Crippen LogP contribution in [0.4, 0.5) is 4.39 Å². The lowest BCUT2D eigenvalue weighted by Gasteiger charge is -2.19. The molecule has 0 aliphatic heterocycles. The third-order valence-electron chi connectivity index (χ3n) is 2.54. The summed E-state index contributed by atoms with van der Waals surface area (Å²) in [7, 11) is 1.41. The summed E-state index contributed by atoms with van der Waals surface area (Å²) in [6.07, 6.45) is 0. The first kappa shape index (κ1) is 17.8. The van der Waals surface area contributed by atoms with Crippen molar-refractivity contribution in [2.75, 3.05) is 18.6 Å². The van der Waals surface area contributed by atoms with Gasteiger partial charge in [-0.3, -0.25) is 4.79 Å². The zero-order valence-corrected chi connectivity index (χ0v) is 13.6. The minimum Gasteiger partial charge on any atom is -0.494 e. The second-order valence-corrected chi connectivity index (χ2v) is 6.63. The summed E-state index contributed by atoms with van der Waals surface area (Å²) in [6, 6.07) is 4.28. The Hall–Kier alpha value is -1.27. The molecule has 0 bridgehead atoms. The number of methoxy groups -OCH3 is 1. The van der Waals surface area contributed by atoms with E-state index in [2.05, 4.69) is 0 Å². The van der Waals surface area contributed by atoms with E-state index in [1.165, 1.54) is 24.9 Å². The molecule has 0 fully saturated rings. The maximum absolute atomic E-state index is 13.6. The van der Waals surface area contributed by atoms with Crippen LogP contribution >= 0.6 is 11.8 Å². The highest BCUT2D eigenvalue weighted by Crippen LogP contribution is 2.23. The Bertz CT molecular complexity index is 488. The second-order valence-electron chi connectivity index (χ2n) is 5.60. The summed E-state index contributed by atoms with van der Waals surface area (Å²) in [5.74, 6) is 0.199. The Morgan fingerprint density at radius 3 is 2.62 bits per heavy atom. The lowest BCUT2D eigenvalue weighted by atomic mass is 10.1. The molecule has 1 unspecified atom stereocenters. The van der Waals surface area contributed by atoms with Crippen molar-refractivity contribution < 1.29 is 18.7 Å². The van der Waals surface area contributed by atoms with Gasteiger partial charge in [0.05, 0.1) is 12.9 Å². The number of thioether (sulfide) groups is 1. The van der Waals surface area contributed by atoms with Gasteiger partial charge in [-0.05, 0) is 38.5 Å². The monoisotopic (exact) mass is 315 g/mol. The maximum Gasteiger partial charge on any atom is 0.316 e. The van der Waals surface area contributed by atoms with Crippen LogP contribution in [0.1, 0.15) is 32.4 Å². The van der Waals surface area contributed by atoms with Crippen molar-refractivity contribution in [1.29, 1.82) is 0 Å². The van der Waals surface area contributed by atoms with Gasteiger partial charge in [-0.15, -0.1) is 11.8 Å². The van der Waals surface area contributed by atoms with E-state index in [0.29, 0.717) is 11.3 Å². The predicted octanol–water partition coefficient (Wildman–Crippen LogP) is 2.91. The predicted molar refractivity (Wildman–Crippen MR) is 83.1 cm³/mol. The smallest absolute Gasteiger partial charge is 0.316 e. The molecule has 4 nitrogen and oxygen atoms in total. The van der Waals surface area contributed by atoms with Crippen LogP contribution in [0.3, 0.4) is 0 Å². The molecule has 0 aromatic heterocycles. The van der Waals surface area contributed by atoms with Gasteiger partial charge in [-0.25, -0.2) is 4.39 Å². The van der Waals surface area contributed by atoms with Gasteiger partial charge in [0.15, 0.2) is 11.6 Å². The molecular formula is C15H22FNO3S. The van der Waals surface area contributed by atoms with Crippen molar-refractivity contribution in [2.45, 2.75) is 32.4 Å². The average Bonchev–Trinajstić information content (AvgIpc) is 2.36. The van der Waals surface area contributed by atoms with E-state index in [4.69, 9.17) is 15.2 Å². The van der Waals surface area contributed by atoms with E-state index in [-0.39, 0.29) is 23.5 Å². The summed E-state index contributed by atoms with van der Waals surface area (Å²) in [5.41, 5.74) is 6.17. The number of nitrogens with two attached hydrogens (primary N) is 1. The number of hydrogen-bond donors (Lipinski definition) is 1. The normalized spacial score (nSPS) is 12.9. The van der Waals surface area contributed by atoms with Crippen LogP contribution in [0.2, 0.25) is 0 Å². The van der Waals surface area contributed by atoms with Gasteiger partial charge < -0.3 is 15.2 Å². The van der Waals surface area contributed by atoms with Crippen LogP contribution in [0.5, 0.6) is 5.75 Å². The lowest BCUT2D eigenvalue weighted by molar-refractivity contribution is -0.151. The highest BCUT2D eigenvalue weighted by Gasteiger charge is 2.17. The number of rotatable bonds is 6. The highest BCUT2D eigenvalue weighted by atomic mass is 32.2. The zero-order valence-electron chi connectivity index (χ0n) is 12.8. The first-order chi connectivity index (χ1) is 9.73. The molecule has 2 N–H and O–H groups in total. The Kier molecular flexibility index (Phi) is 6.48. The molecule has 118 valence electrons. The van der Waals surface area contributed by atoms with Crippen LogP contribution < -0.4 is 10.5 Å². The molecule has 0 heterocycles. The van der Waals surface area contributed by atoms with Gasteiger partial charge in [-0.1, -0.05) is 6.07 Å². The number of carbonyl (C=O) groups excluding carboxylic acids is 1. The van der Waals surface area contributed by atoms with Crippen molar-refractivity contribution in [2.24, 2.45) is 5.73 Å². The Morgan fingerprint density at radius 2 is 2.10 bits per heavy atom. The van der Waals surface area contributed by atoms with Gasteiger partial charge in [0.2, 0.25) is 0 Å². The molecule has 0 saturated heterocycles. The first-order valence-corrected chi connectivity index (χ1v) is 7.77. The number of ether oxygens (including phenoxy) is 2. The summed E-state index contributed by atoms with van der Waals surface area (Å²) in [4.78, 5) is 11.6. The lowest BCUT2D eigenvalue weighted by Crippen LogP contribution is -2.25. The SMILES string of the molecule is COc1ccc(C(N)CSCC(=O)OC(C)(C)C)cc1F. The minimum absolute atomic E-state index is 0.187. The van der Waals surface area contributed by atoms with E-state index >= 15 is 0 Å². The fraction of sp³-hybridized carbons (Fsp3) is 0.533. The molecule has 0 aliphatic rings. The Morgan fingerprint density at radius 1 is 1.43 bits per heavy atom. The fourth-order valence-electron chi connectivity index (χ4n) is 1.65. The van der Waals surface area contributed by atoms with Crippen LogP contribution in [0.15, 0.2) is 18.2 Å². The highest BCUT2D eigenvalue weighted by molar-refractivity contribution is 7.99. The number of benzene rings is 1. The Balaban J connectivity index is 2.45. The van der Waals surface area contributed by atoms with E-state index < -0.39 is 11.4 Å². The molecule has 1 aromatic carbocycles. The molecule has 0 saturated carbocycles. The molecule has 1 aromatic rings. The average molecular weight is 315 g/mol. The van der Waals surface area contributed by atoms with Crippen molar-refractivity contribution in [3.05, 3.63) is 29.6 Å². The molecule has 0 aliphatic carbocycles. The molecule has 0 amide bonds. The molecule has 1 atom stereocenters. The second kappa shape index (κ2) is 7.66. The van der Waals surface area contributed by atoms with Crippen molar-refractivity contribution in [1.82, 2.24) is 0 Å². The van der Waals surface area contributed by atoms with Crippen molar-refractivity contribution >= 4 is 17.7 Å². The zero-order chi connectivity index (χ0) is 16.0. The summed E-state index contributed by atoms with van der Waals surface area (Å²) < 4.78 is 23.6. The van der Waals surface area contributed by atoms with Crippen molar-refractivity contribution in [3.8, 4) is 5.75 Å². The van der Waals surface area contributed by atoms with Gasteiger partial charge in [-0.2, -0.15) is 0 Å². The van der Waals surface area contributed by atoms with E-state index in [9.17, 15) is 9.18 Å². The largest absolute Gasteiger partial charge is 0.494 e. The van der Waals surface area contributed by atoms with Gasteiger partial charge >= 0.3 is 5.97 Å². The summed E-state index contributed by atoms with van der Waals surface area (Å²) >= 11 is 1.37. The van der Waals surface area contributed by atoms with Crippen molar-refractivity contribution in [3.63, 3.8) is 0 Å². The number of hydrogen-bond acceptors (Lipinski definition) is 5. The fourth-order valence-corrected chi connectivity index (χ4v) is 2.44. The number of esters is 1. The first-order valence-electron chi connectivity index (χ1n) is 6.61. The van der Waals surface area contributed by atoms with Gasteiger partial charge in [0.25, 0.3) is 0 Å². The quantitative estimate of drug-likeness (QED) is 0.818. The third kappa shape index (κ3) is 6.35. The third-order valence-corrected chi connectivity index (χ3v) is 3.58. The summed E-state index contributed by atoms with van der Waals surface area (Å²) in [5, 5.41) is 0. The molecule has 0 radical (unpaired) electrons. The molecular weight excluding hydrogens is 293 g/mol. The van der Waals surface area contributed by atoms with Crippen LogP contribution in [0.25, 0.3) is 0 Å². The topological polar surface area (TPSA) is 61.5 Å². The maximum atomic E-state index is 13.6. The molecule has 21 heavy (non-hydrogen) atoms. The molecule has 0 spiro atoms. The number of carbonyl (C=O) groups is 1.